The zero-order valence-electron chi connectivity index (χ0n) is 14.5. The Morgan fingerprint density at radius 1 is 1.17 bits per heavy atom. The molecule has 0 spiro atoms. The van der Waals surface area contributed by atoms with E-state index in [9.17, 15) is 5.11 Å². The summed E-state index contributed by atoms with van der Waals surface area (Å²) in [6.07, 6.45) is -0.547. The lowest BCUT2D eigenvalue weighted by atomic mass is 9.86. The van der Waals surface area contributed by atoms with Gasteiger partial charge in [0.25, 0.3) is 0 Å². The topological polar surface area (TPSA) is 55.2 Å². The Kier molecular flexibility index (Phi) is 7.40. The number of nitrogens with zero attached hydrogens (tertiary/aromatic N) is 2. The highest BCUT2D eigenvalue weighted by molar-refractivity contribution is 8.03. The summed E-state index contributed by atoms with van der Waals surface area (Å²) in [6.45, 7) is 8.83. The van der Waals surface area contributed by atoms with Crippen LogP contribution in [0.1, 0.15) is 33.3 Å². The van der Waals surface area contributed by atoms with Crippen molar-refractivity contribution in [2.24, 2.45) is 0 Å². The molecule has 1 aromatic heterocycles. The van der Waals surface area contributed by atoms with Crippen LogP contribution in [-0.2, 0) is 5.41 Å². The summed E-state index contributed by atoms with van der Waals surface area (Å²) in [5, 5.41) is 18.4. The van der Waals surface area contributed by atoms with Gasteiger partial charge in [-0.2, -0.15) is 0 Å². The maximum absolute atomic E-state index is 10.2. The number of aromatic nitrogens is 2. The maximum Gasteiger partial charge on any atom is 0.175 e. The van der Waals surface area contributed by atoms with Gasteiger partial charge in [0.2, 0.25) is 0 Å². The molecule has 0 aliphatic rings. The van der Waals surface area contributed by atoms with Crippen molar-refractivity contribution in [3.05, 3.63) is 29.8 Å². The lowest BCUT2D eigenvalue weighted by Gasteiger charge is -2.23. The van der Waals surface area contributed by atoms with Crippen molar-refractivity contribution in [2.75, 3.05) is 18.1 Å². The van der Waals surface area contributed by atoms with Gasteiger partial charge in [0.05, 0.1) is 6.10 Å². The highest BCUT2D eigenvalue weighted by atomic mass is 32.2. The van der Waals surface area contributed by atoms with Crippen LogP contribution >= 0.6 is 34.9 Å². The smallest absolute Gasteiger partial charge is 0.175 e. The molecule has 0 fully saturated rings. The van der Waals surface area contributed by atoms with E-state index in [-0.39, 0.29) is 12.0 Å². The van der Waals surface area contributed by atoms with E-state index in [1.165, 1.54) is 11.8 Å². The number of aliphatic hydroxyl groups excluding tert-OH is 1. The van der Waals surface area contributed by atoms with Gasteiger partial charge in [-0.05, 0) is 22.8 Å². The van der Waals surface area contributed by atoms with Crippen LogP contribution in [0.4, 0.5) is 0 Å². The van der Waals surface area contributed by atoms with Crippen molar-refractivity contribution < 1.29 is 9.84 Å². The van der Waals surface area contributed by atoms with E-state index in [0.29, 0.717) is 5.75 Å². The monoisotopic (exact) mass is 384 g/mol. The van der Waals surface area contributed by atoms with Crippen molar-refractivity contribution in [3.8, 4) is 5.75 Å². The molecule has 0 aliphatic heterocycles. The molecule has 24 heavy (non-hydrogen) atoms. The highest BCUT2D eigenvalue weighted by Crippen LogP contribution is 2.31. The maximum atomic E-state index is 10.2. The molecule has 132 valence electrons. The quantitative estimate of drug-likeness (QED) is 0.677. The van der Waals surface area contributed by atoms with Gasteiger partial charge in [-0.1, -0.05) is 80.8 Å². The minimum absolute atomic E-state index is 0.0101. The Morgan fingerprint density at radius 2 is 1.83 bits per heavy atom. The average molecular weight is 385 g/mol. The molecule has 0 amide bonds. The fourth-order valence-corrected chi connectivity index (χ4v) is 4.90. The number of ether oxygens (including phenoxy) is 1. The predicted molar refractivity (Wildman–Crippen MR) is 104 cm³/mol. The van der Waals surface area contributed by atoms with Crippen LogP contribution in [0.2, 0.25) is 0 Å². The first-order valence-corrected chi connectivity index (χ1v) is 10.7. The van der Waals surface area contributed by atoms with E-state index in [2.05, 4.69) is 44.0 Å². The number of para-hydroxylation sites is 1. The number of aliphatic hydroxyl groups is 1. The average Bonchev–Trinajstić information content (AvgIpc) is 2.98. The van der Waals surface area contributed by atoms with Gasteiger partial charge in [0, 0.05) is 5.75 Å². The molecular weight excluding hydrogens is 360 g/mol. The van der Waals surface area contributed by atoms with Crippen molar-refractivity contribution in [3.63, 3.8) is 0 Å². The zero-order chi connectivity index (χ0) is 17.6. The van der Waals surface area contributed by atoms with Crippen LogP contribution in [0.5, 0.6) is 5.75 Å². The first-order chi connectivity index (χ1) is 11.4. The van der Waals surface area contributed by atoms with E-state index in [1.807, 2.05) is 18.2 Å². The minimum atomic E-state index is -0.547. The van der Waals surface area contributed by atoms with Gasteiger partial charge in [0.15, 0.2) is 8.68 Å². The van der Waals surface area contributed by atoms with E-state index in [1.54, 1.807) is 23.1 Å². The summed E-state index contributed by atoms with van der Waals surface area (Å²) in [5.74, 6) is 2.37. The summed E-state index contributed by atoms with van der Waals surface area (Å²) in [5.41, 5.74) is 1.16. The summed E-state index contributed by atoms with van der Waals surface area (Å²) in [7, 11) is 0. The van der Waals surface area contributed by atoms with Crippen LogP contribution < -0.4 is 4.74 Å². The van der Waals surface area contributed by atoms with Crippen LogP contribution in [0.3, 0.4) is 0 Å². The predicted octanol–water partition coefficient (Wildman–Crippen LogP) is 4.48. The Balaban J connectivity index is 1.84. The number of hydrogen-bond acceptors (Lipinski definition) is 7. The SMILES string of the molecule is CCSc1nnc(SCC(O)COc2ccccc2C(C)(C)C)s1. The highest BCUT2D eigenvalue weighted by Gasteiger charge is 2.19. The third-order valence-corrected chi connectivity index (χ3v) is 6.40. The Hall–Kier alpha value is -0.760. The zero-order valence-corrected chi connectivity index (χ0v) is 16.9. The first kappa shape index (κ1) is 19.6. The second kappa shape index (κ2) is 9.08. The molecular formula is C17H24N2O2S3. The second-order valence-electron chi connectivity index (χ2n) is 6.29. The summed E-state index contributed by atoms with van der Waals surface area (Å²) in [6, 6.07) is 8.00. The molecule has 2 aromatic rings. The number of rotatable bonds is 8. The lowest BCUT2D eigenvalue weighted by molar-refractivity contribution is 0.125. The Morgan fingerprint density at radius 3 is 2.50 bits per heavy atom. The van der Waals surface area contributed by atoms with E-state index >= 15 is 0 Å². The van der Waals surface area contributed by atoms with Crippen LogP contribution in [-0.4, -0.2) is 39.5 Å². The van der Waals surface area contributed by atoms with Crippen LogP contribution in [0, 0.1) is 0 Å². The van der Waals surface area contributed by atoms with E-state index in [0.717, 1.165) is 25.7 Å². The minimum Gasteiger partial charge on any atom is -0.491 e. The molecule has 1 unspecified atom stereocenters. The van der Waals surface area contributed by atoms with Gasteiger partial charge in [0.1, 0.15) is 12.4 Å². The molecule has 4 nitrogen and oxygen atoms in total. The number of thioether (sulfide) groups is 2. The van der Waals surface area contributed by atoms with Gasteiger partial charge >= 0.3 is 0 Å². The van der Waals surface area contributed by atoms with Crippen molar-refractivity contribution in [2.45, 2.75) is 47.9 Å². The number of benzene rings is 1. The van der Waals surface area contributed by atoms with Gasteiger partial charge in [-0.25, -0.2) is 0 Å². The molecule has 0 bridgehead atoms. The first-order valence-electron chi connectivity index (χ1n) is 7.89. The standard InChI is InChI=1S/C17H24N2O2S3/c1-5-22-15-18-19-16(24-15)23-11-12(20)10-21-14-9-7-6-8-13(14)17(2,3)4/h6-9,12,20H,5,10-11H2,1-4H3. The molecule has 0 saturated heterocycles. The van der Waals surface area contributed by atoms with Gasteiger partial charge in [-0.15, -0.1) is 10.2 Å². The van der Waals surface area contributed by atoms with Crippen molar-refractivity contribution in [1.82, 2.24) is 10.2 Å². The van der Waals surface area contributed by atoms with Crippen molar-refractivity contribution in [1.29, 1.82) is 0 Å². The molecule has 2 rings (SSSR count). The van der Waals surface area contributed by atoms with Crippen molar-refractivity contribution >= 4 is 34.9 Å². The fraction of sp³-hybridized carbons (Fsp3) is 0.529. The lowest BCUT2D eigenvalue weighted by Crippen LogP contribution is -2.22. The third-order valence-electron chi connectivity index (χ3n) is 3.18. The van der Waals surface area contributed by atoms with Gasteiger partial charge in [-0.3, -0.25) is 0 Å². The molecule has 1 N–H and O–H groups in total. The molecule has 0 aliphatic carbocycles. The molecule has 1 heterocycles. The van der Waals surface area contributed by atoms with Crippen LogP contribution in [0.15, 0.2) is 32.9 Å². The largest absolute Gasteiger partial charge is 0.491 e. The molecule has 0 radical (unpaired) electrons. The summed E-state index contributed by atoms with van der Waals surface area (Å²) >= 11 is 4.78. The molecule has 0 saturated carbocycles. The Bertz CT molecular complexity index is 641. The molecule has 1 aromatic carbocycles. The second-order valence-corrected chi connectivity index (χ2v) is 10.0. The molecule has 1 atom stereocenters. The van der Waals surface area contributed by atoms with E-state index in [4.69, 9.17) is 4.74 Å². The fourth-order valence-electron chi connectivity index (χ4n) is 2.05. The molecule has 7 heteroatoms. The van der Waals surface area contributed by atoms with Crippen LogP contribution in [0.25, 0.3) is 0 Å². The van der Waals surface area contributed by atoms with E-state index < -0.39 is 6.10 Å². The summed E-state index contributed by atoms with van der Waals surface area (Å²) < 4.78 is 7.72. The Labute approximate surface area is 156 Å². The third kappa shape index (κ3) is 5.95. The normalized spacial score (nSPS) is 13.0. The summed E-state index contributed by atoms with van der Waals surface area (Å²) in [4.78, 5) is 0. The number of hydrogen-bond donors (Lipinski definition) is 1. The van der Waals surface area contributed by atoms with Gasteiger partial charge < -0.3 is 9.84 Å².